The number of fused-ring (bicyclic) bond motifs is 2. The van der Waals surface area contributed by atoms with E-state index in [1.165, 1.54) is 18.1 Å². The summed E-state index contributed by atoms with van der Waals surface area (Å²) in [7, 11) is 6.52. The Hall–Kier alpha value is -5.32. The summed E-state index contributed by atoms with van der Waals surface area (Å²) in [6, 6.07) is 20.1. The Bertz CT molecular complexity index is 2220. The highest BCUT2D eigenvalue weighted by atomic mass is 32.2. The topological polar surface area (TPSA) is 121 Å². The zero-order chi connectivity index (χ0) is 41.3. The van der Waals surface area contributed by atoms with Crippen LogP contribution >= 0.6 is 0 Å². The van der Waals surface area contributed by atoms with Crippen LogP contribution in [0.25, 0.3) is 0 Å². The minimum Gasteiger partial charge on any atom is -0.609 e. The number of hydrogen-bond acceptors (Lipinski definition) is 10. The van der Waals surface area contributed by atoms with Crippen molar-refractivity contribution in [3.05, 3.63) is 117 Å². The Morgan fingerprint density at radius 1 is 0.966 bits per heavy atom. The molecule has 1 amide bonds. The summed E-state index contributed by atoms with van der Waals surface area (Å²) in [4.78, 5) is 27.6. The fourth-order valence-corrected chi connectivity index (χ4v) is 8.01. The molecular weight excluding hydrogens is 772 g/mol. The SMILES string of the molecule is COc1ccc(CN(Cc2ccc(OC)cc2)c2cc(C)c(C(F)(F)F)c(C3Cc4nc([S+](C)[O-])nc(N5CCCn6nc(C(=O)N(C)C)cc6C5)c4CO3)c2)cc1. The molecule has 7 rings (SSSR count). The molecule has 12 nitrogen and oxygen atoms in total. The van der Waals surface area contributed by atoms with Crippen LogP contribution in [-0.4, -0.2) is 76.2 Å². The van der Waals surface area contributed by atoms with Gasteiger partial charge in [0, 0.05) is 69.1 Å². The summed E-state index contributed by atoms with van der Waals surface area (Å²) in [5, 5.41) is 4.62. The molecule has 0 radical (unpaired) electrons. The average molecular weight is 818 g/mol. The van der Waals surface area contributed by atoms with E-state index in [9.17, 15) is 9.35 Å². The number of amides is 1. The molecule has 0 saturated carbocycles. The number of carbonyl (C=O) groups excluding carboxylic acids is 1. The van der Waals surface area contributed by atoms with Gasteiger partial charge in [-0.15, -0.1) is 0 Å². The molecule has 2 unspecified atom stereocenters. The zero-order valence-electron chi connectivity index (χ0n) is 33.3. The number of benzene rings is 3. The van der Waals surface area contributed by atoms with Gasteiger partial charge in [0.15, 0.2) is 5.69 Å². The molecule has 0 N–H and O–H groups in total. The number of halogens is 3. The third-order valence-corrected chi connectivity index (χ3v) is 11.2. The number of methoxy groups -OCH3 is 2. The van der Waals surface area contributed by atoms with Crippen molar-refractivity contribution in [3.63, 3.8) is 0 Å². The van der Waals surface area contributed by atoms with Crippen molar-refractivity contribution in [1.82, 2.24) is 24.6 Å². The van der Waals surface area contributed by atoms with Gasteiger partial charge in [0.2, 0.25) is 0 Å². The summed E-state index contributed by atoms with van der Waals surface area (Å²) in [5.74, 6) is 1.69. The highest BCUT2D eigenvalue weighted by Crippen LogP contribution is 2.44. The Labute approximate surface area is 338 Å². The van der Waals surface area contributed by atoms with E-state index in [2.05, 4.69) is 10.1 Å². The Kier molecular flexibility index (Phi) is 11.9. The lowest BCUT2D eigenvalue weighted by molar-refractivity contribution is -0.140. The van der Waals surface area contributed by atoms with E-state index in [1.54, 1.807) is 46.5 Å². The van der Waals surface area contributed by atoms with Gasteiger partial charge in [0.05, 0.1) is 50.4 Å². The molecule has 306 valence electrons. The lowest BCUT2D eigenvalue weighted by Crippen LogP contribution is -2.30. The van der Waals surface area contributed by atoms with Crippen LogP contribution in [0.3, 0.4) is 0 Å². The Balaban J connectivity index is 1.26. The molecule has 2 aliphatic rings. The van der Waals surface area contributed by atoms with Crippen molar-refractivity contribution in [2.75, 3.05) is 50.9 Å². The molecular formula is C42H46F3N7O5S. The molecule has 2 aromatic heterocycles. The van der Waals surface area contributed by atoms with Gasteiger partial charge in [-0.25, -0.2) is 0 Å². The summed E-state index contributed by atoms with van der Waals surface area (Å²) >= 11 is -1.59. The van der Waals surface area contributed by atoms with Crippen molar-refractivity contribution in [2.24, 2.45) is 0 Å². The molecule has 3 aromatic carbocycles. The summed E-state index contributed by atoms with van der Waals surface area (Å²) in [6.45, 7) is 3.72. The maximum atomic E-state index is 15.1. The van der Waals surface area contributed by atoms with Crippen molar-refractivity contribution in [1.29, 1.82) is 0 Å². The van der Waals surface area contributed by atoms with E-state index in [0.29, 0.717) is 79.1 Å². The smallest absolute Gasteiger partial charge is 0.417 e. The van der Waals surface area contributed by atoms with Crippen molar-refractivity contribution < 1.29 is 36.7 Å². The minimum atomic E-state index is -4.67. The molecule has 0 saturated heterocycles. The molecule has 0 spiro atoms. The summed E-state index contributed by atoms with van der Waals surface area (Å²) in [5.41, 5.74) is 4.04. The number of aromatic nitrogens is 4. The summed E-state index contributed by atoms with van der Waals surface area (Å²) < 4.78 is 77.1. The molecule has 2 atom stereocenters. The van der Waals surface area contributed by atoms with Gasteiger partial charge in [0.1, 0.15) is 23.6 Å². The number of hydrogen-bond donors (Lipinski definition) is 0. The van der Waals surface area contributed by atoms with Crippen LogP contribution in [0.1, 0.15) is 67.8 Å². The first-order chi connectivity index (χ1) is 27.7. The van der Waals surface area contributed by atoms with Crippen LogP contribution < -0.4 is 19.3 Å². The van der Waals surface area contributed by atoms with Gasteiger partial charge in [-0.3, -0.25) is 9.48 Å². The van der Waals surface area contributed by atoms with Gasteiger partial charge in [0.25, 0.3) is 5.91 Å². The molecule has 5 aromatic rings. The molecule has 4 heterocycles. The fourth-order valence-electron chi connectivity index (χ4n) is 7.56. The number of anilines is 2. The molecule has 0 fully saturated rings. The highest BCUT2D eigenvalue weighted by Gasteiger charge is 2.40. The standard InChI is InChI=1S/C42H46F3N7O5S/c1-26-18-29(51(22-27-8-12-31(55-4)13-9-27)23-28-10-14-32(56-5)15-11-28)19-33(38(26)42(43,44)45)37-21-35-34(25-57-37)39(47-41(46-35)58(6)54)50-16-7-17-52-30(24-50)20-36(48-52)40(53)49(2)3/h8-15,18-20,37H,7,16-17,21-25H2,1-6H3. The first-order valence-electron chi connectivity index (χ1n) is 18.8. The van der Waals surface area contributed by atoms with Gasteiger partial charge in [-0.1, -0.05) is 24.3 Å². The van der Waals surface area contributed by atoms with E-state index >= 15 is 13.2 Å². The van der Waals surface area contributed by atoms with E-state index in [4.69, 9.17) is 19.2 Å². The lowest BCUT2D eigenvalue weighted by atomic mass is 9.91. The second-order valence-electron chi connectivity index (χ2n) is 14.7. The highest BCUT2D eigenvalue weighted by molar-refractivity contribution is 7.90. The summed E-state index contributed by atoms with van der Waals surface area (Å²) in [6.07, 6.45) is -3.52. The van der Waals surface area contributed by atoms with Crippen molar-refractivity contribution >= 4 is 28.6 Å². The average Bonchev–Trinajstić information content (AvgIpc) is 3.50. The van der Waals surface area contributed by atoms with Gasteiger partial charge in [-0.05, 0) is 78.1 Å². The Morgan fingerprint density at radius 2 is 1.60 bits per heavy atom. The molecule has 16 heteroatoms. The van der Waals surface area contributed by atoms with Gasteiger partial charge in [-0.2, -0.15) is 28.2 Å². The second kappa shape index (κ2) is 16.9. The predicted molar refractivity (Wildman–Crippen MR) is 214 cm³/mol. The van der Waals surface area contributed by atoms with Gasteiger partial charge < -0.3 is 33.5 Å². The normalized spacial score (nSPS) is 15.9. The first-order valence-corrected chi connectivity index (χ1v) is 20.4. The largest absolute Gasteiger partial charge is 0.609 e. The van der Waals surface area contributed by atoms with Crippen LogP contribution in [0.15, 0.2) is 71.9 Å². The maximum Gasteiger partial charge on any atom is 0.417 e. The van der Waals surface area contributed by atoms with Crippen LogP contribution in [0.5, 0.6) is 11.5 Å². The number of ether oxygens (including phenoxy) is 3. The quantitative estimate of drug-likeness (QED) is 0.103. The molecule has 58 heavy (non-hydrogen) atoms. The number of rotatable bonds is 11. The van der Waals surface area contributed by atoms with Crippen LogP contribution in [0.2, 0.25) is 0 Å². The van der Waals surface area contributed by atoms with E-state index in [-0.39, 0.29) is 35.2 Å². The third kappa shape index (κ3) is 8.73. The molecule has 2 aliphatic heterocycles. The van der Waals surface area contributed by atoms with Crippen LogP contribution in [0.4, 0.5) is 24.7 Å². The number of aryl methyl sites for hydroxylation is 2. The third-order valence-electron chi connectivity index (χ3n) is 10.5. The van der Waals surface area contributed by atoms with Crippen molar-refractivity contribution in [2.45, 2.75) is 70.0 Å². The van der Waals surface area contributed by atoms with Crippen LogP contribution in [0, 0.1) is 6.92 Å². The first kappa shape index (κ1) is 40.9. The van der Waals surface area contributed by atoms with Gasteiger partial charge >= 0.3 is 11.3 Å². The lowest BCUT2D eigenvalue weighted by Gasteiger charge is -2.33. The second-order valence-corrected chi connectivity index (χ2v) is 16.0. The van der Waals surface area contributed by atoms with E-state index < -0.39 is 29.0 Å². The Morgan fingerprint density at radius 3 is 2.17 bits per heavy atom. The van der Waals surface area contributed by atoms with E-state index in [1.807, 2.05) is 63.0 Å². The molecule has 0 bridgehead atoms. The number of alkyl halides is 3. The monoisotopic (exact) mass is 817 g/mol. The zero-order valence-corrected chi connectivity index (χ0v) is 34.1. The fraction of sp³-hybridized carbons (Fsp3) is 0.381. The number of carbonyl (C=O) groups is 1. The predicted octanol–water partition coefficient (Wildman–Crippen LogP) is 6.89. The number of nitrogens with zero attached hydrogens (tertiary/aromatic N) is 7. The minimum absolute atomic E-state index is 0.00120. The van der Waals surface area contributed by atoms with Crippen molar-refractivity contribution in [3.8, 4) is 11.5 Å². The maximum absolute atomic E-state index is 15.1. The van der Waals surface area contributed by atoms with E-state index in [0.717, 1.165) is 16.8 Å². The molecule has 0 aliphatic carbocycles. The van der Waals surface area contributed by atoms with Crippen LogP contribution in [-0.2, 0) is 61.3 Å².